The Morgan fingerprint density at radius 2 is 2.26 bits per heavy atom. The summed E-state index contributed by atoms with van der Waals surface area (Å²) in [5, 5.41) is 17.4. The Balaban J connectivity index is 1.87. The van der Waals surface area contributed by atoms with E-state index in [9.17, 15) is 5.11 Å². The van der Waals surface area contributed by atoms with Crippen molar-refractivity contribution in [2.45, 2.75) is 39.5 Å². The van der Waals surface area contributed by atoms with Gasteiger partial charge in [-0.15, -0.1) is 5.10 Å². The number of aromatic nitrogens is 3. The van der Waals surface area contributed by atoms with E-state index >= 15 is 0 Å². The molecule has 2 rings (SSSR count). The van der Waals surface area contributed by atoms with E-state index in [1.807, 2.05) is 0 Å². The van der Waals surface area contributed by atoms with E-state index in [4.69, 9.17) is 4.74 Å². The second-order valence-electron chi connectivity index (χ2n) is 5.69. The molecule has 6 nitrogen and oxygen atoms in total. The van der Waals surface area contributed by atoms with Gasteiger partial charge in [0.15, 0.2) is 0 Å². The smallest absolute Gasteiger partial charge is 0.111 e. The van der Waals surface area contributed by atoms with E-state index in [1.54, 1.807) is 17.8 Å². The van der Waals surface area contributed by atoms with Crippen molar-refractivity contribution in [2.75, 3.05) is 26.2 Å². The molecule has 1 aromatic heterocycles. The molecule has 1 aliphatic heterocycles. The van der Waals surface area contributed by atoms with Crippen LogP contribution in [0.1, 0.15) is 32.6 Å². The Hall–Kier alpha value is -0.980. The highest BCUT2D eigenvalue weighted by atomic mass is 16.5. The first-order valence-electron chi connectivity index (χ1n) is 6.96. The lowest BCUT2D eigenvalue weighted by molar-refractivity contribution is -0.0406. The van der Waals surface area contributed by atoms with Crippen LogP contribution in [0.15, 0.2) is 6.20 Å². The highest BCUT2D eigenvalue weighted by Crippen LogP contribution is 2.11. The summed E-state index contributed by atoms with van der Waals surface area (Å²) in [5.74, 6) is 0.673. The van der Waals surface area contributed by atoms with Gasteiger partial charge in [-0.25, -0.2) is 4.68 Å². The lowest BCUT2D eigenvalue weighted by Gasteiger charge is -2.33. The van der Waals surface area contributed by atoms with E-state index in [-0.39, 0.29) is 6.10 Å². The average molecular weight is 268 g/mol. The van der Waals surface area contributed by atoms with Crippen LogP contribution in [0.3, 0.4) is 0 Å². The number of aliphatic hydroxyl groups is 1. The molecule has 0 aromatic carbocycles. The van der Waals surface area contributed by atoms with Crippen LogP contribution in [0.4, 0.5) is 0 Å². The fourth-order valence-corrected chi connectivity index (χ4v) is 2.38. The summed E-state index contributed by atoms with van der Waals surface area (Å²) in [4.78, 5) is 2.44. The van der Waals surface area contributed by atoms with Crippen molar-refractivity contribution in [3.8, 4) is 0 Å². The topological polar surface area (TPSA) is 63.4 Å². The molecule has 1 saturated heterocycles. The molecule has 2 unspecified atom stereocenters. The number of hydrogen-bond donors (Lipinski definition) is 1. The van der Waals surface area contributed by atoms with Crippen molar-refractivity contribution in [3.63, 3.8) is 0 Å². The van der Waals surface area contributed by atoms with Gasteiger partial charge in [0.25, 0.3) is 0 Å². The number of hydrogen-bond acceptors (Lipinski definition) is 5. The Bertz CT molecular complexity index is 392. The van der Waals surface area contributed by atoms with Crippen LogP contribution in [0.2, 0.25) is 0 Å². The number of aliphatic hydroxyl groups excluding tert-OH is 1. The van der Waals surface area contributed by atoms with Gasteiger partial charge in [-0.2, -0.15) is 0 Å². The molecule has 1 aromatic rings. The summed E-state index contributed by atoms with van der Waals surface area (Å²) in [6.45, 7) is 10.7. The summed E-state index contributed by atoms with van der Waals surface area (Å²) in [7, 11) is 0. The lowest BCUT2D eigenvalue weighted by Crippen LogP contribution is -2.45. The molecular formula is C13H24N4O2. The molecule has 2 heterocycles. The molecule has 0 aliphatic carbocycles. The summed E-state index contributed by atoms with van der Waals surface area (Å²) >= 11 is 0. The van der Waals surface area contributed by atoms with E-state index in [0.717, 1.165) is 26.2 Å². The monoisotopic (exact) mass is 268 g/mol. The van der Waals surface area contributed by atoms with Crippen molar-refractivity contribution in [1.82, 2.24) is 19.9 Å². The predicted molar refractivity (Wildman–Crippen MR) is 71.7 cm³/mol. The molecule has 19 heavy (non-hydrogen) atoms. The molecular weight excluding hydrogens is 244 g/mol. The first kappa shape index (κ1) is 14.4. The SMILES string of the molecule is CC(C)CN1CCOC(Cn2cc(C(C)O)nn2)C1. The van der Waals surface area contributed by atoms with Crippen LogP contribution in [0.25, 0.3) is 0 Å². The van der Waals surface area contributed by atoms with Crippen LogP contribution < -0.4 is 0 Å². The molecule has 1 fully saturated rings. The van der Waals surface area contributed by atoms with Gasteiger partial charge in [0.2, 0.25) is 0 Å². The van der Waals surface area contributed by atoms with E-state index in [2.05, 4.69) is 29.1 Å². The maximum atomic E-state index is 9.43. The molecule has 0 spiro atoms. The van der Waals surface area contributed by atoms with Gasteiger partial charge in [0.1, 0.15) is 5.69 Å². The van der Waals surface area contributed by atoms with Crippen molar-refractivity contribution in [1.29, 1.82) is 0 Å². The standard InChI is InChI=1S/C13H24N4O2/c1-10(2)6-16-4-5-19-12(7-16)8-17-9-13(11(3)18)14-15-17/h9-12,18H,4-8H2,1-3H3. The maximum absolute atomic E-state index is 9.43. The Morgan fingerprint density at radius 1 is 1.47 bits per heavy atom. The van der Waals surface area contributed by atoms with Crippen LogP contribution >= 0.6 is 0 Å². The minimum absolute atomic E-state index is 0.149. The minimum atomic E-state index is -0.571. The number of ether oxygens (including phenoxy) is 1. The molecule has 0 radical (unpaired) electrons. The molecule has 0 saturated carbocycles. The van der Waals surface area contributed by atoms with Crippen LogP contribution in [-0.2, 0) is 11.3 Å². The van der Waals surface area contributed by atoms with Gasteiger partial charge >= 0.3 is 0 Å². The number of nitrogens with zero attached hydrogens (tertiary/aromatic N) is 4. The van der Waals surface area contributed by atoms with Crippen molar-refractivity contribution in [2.24, 2.45) is 5.92 Å². The molecule has 6 heteroatoms. The predicted octanol–water partition coefficient (Wildman–Crippen LogP) is 0.688. The minimum Gasteiger partial charge on any atom is -0.387 e. The number of rotatable bonds is 5. The van der Waals surface area contributed by atoms with Gasteiger partial charge in [0.05, 0.1) is 31.6 Å². The molecule has 2 atom stereocenters. The van der Waals surface area contributed by atoms with E-state index in [0.29, 0.717) is 18.2 Å². The Labute approximate surface area is 114 Å². The van der Waals surface area contributed by atoms with Gasteiger partial charge < -0.3 is 9.84 Å². The van der Waals surface area contributed by atoms with Crippen molar-refractivity contribution >= 4 is 0 Å². The molecule has 1 aliphatic rings. The molecule has 108 valence electrons. The van der Waals surface area contributed by atoms with Crippen molar-refractivity contribution < 1.29 is 9.84 Å². The second-order valence-corrected chi connectivity index (χ2v) is 5.69. The van der Waals surface area contributed by atoms with Gasteiger partial charge in [-0.05, 0) is 12.8 Å². The summed E-state index contributed by atoms with van der Waals surface area (Å²) in [5.41, 5.74) is 0.606. The molecule has 1 N–H and O–H groups in total. The summed E-state index contributed by atoms with van der Waals surface area (Å²) in [6.07, 6.45) is 1.37. The maximum Gasteiger partial charge on any atom is 0.111 e. The van der Waals surface area contributed by atoms with E-state index < -0.39 is 6.10 Å². The Morgan fingerprint density at radius 3 is 2.89 bits per heavy atom. The van der Waals surface area contributed by atoms with Gasteiger partial charge in [-0.3, -0.25) is 4.90 Å². The first-order chi connectivity index (χ1) is 9.04. The Kier molecular flexibility index (Phi) is 4.90. The van der Waals surface area contributed by atoms with Crippen LogP contribution in [0.5, 0.6) is 0 Å². The van der Waals surface area contributed by atoms with E-state index in [1.165, 1.54) is 0 Å². The quantitative estimate of drug-likeness (QED) is 0.851. The lowest BCUT2D eigenvalue weighted by atomic mass is 10.2. The summed E-state index contributed by atoms with van der Waals surface area (Å²) < 4.78 is 7.53. The third kappa shape index (κ3) is 4.26. The highest BCUT2D eigenvalue weighted by Gasteiger charge is 2.22. The normalized spacial score (nSPS) is 22.9. The fourth-order valence-electron chi connectivity index (χ4n) is 2.38. The third-order valence-corrected chi connectivity index (χ3v) is 3.22. The number of morpholine rings is 1. The largest absolute Gasteiger partial charge is 0.387 e. The molecule has 0 bridgehead atoms. The summed E-state index contributed by atoms with van der Waals surface area (Å²) in [6, 6.07) is 0. The average Bonchev–Trinajstić information content (AvgIpc) is 2.77. The van der Waals surface area contributed by atoms with Gasteiger partial charge in [0, 0.05) is 19.6 Å². The van der Waals surface area contributed by atoms with Crippen LogP contribution in [-0.4, -0.2) is 57.3 Å². The third-order valence-electron chi connectivity index (χ3n) is 3.22. The van der Waals surface area contributed by atoms with Crippen LogP contribution in [0, 0.1) is 5.92 Å². The fraction of sp³-hybridized carbons (Fsp3) is 0.846. The zero-order chi connectivity index (χ0) is 13.8. The zero-order valence-electron chi connectivity index (χ0n) is 12.0. The van der Waals surface area contributed by atoms with Gasteiger partial charge in [-0.1, -0.05) is 19.1 Å². The highest BCUT2D eigenvalue weighted by molar-refractivity contribution is 4.95. The first-order valence-corrected chi connectivity index (χ1v) is 6.96. The molecule has 0 amide bonds. The van der Waals surface area contributed by atoms with Crippen molar-refractivity contribution in [3.05, 3.63) is 11.9 Å². The zero-order valence-corrected chi connectivity index (χ0v) is 12.0. The second kappa shape index (κ2) is 6.45.